The summed E-state index contributed by atoms with van der Waals surface area (Å²) < 4.78 is 5.79. The van der Waals surface area contributed by atoms with Gasteiger partial charge in [-0.1, -0.05) is 45.4 Å². The van der Waals surface area contributed by atoms with Gasteiger partial charge in [0.05, 0.1) is 6.10 Å². The van der Waals surface area contributed by atoms with Crippen LogP contribution in [0.1, 0.15) is 90.9 Å². The molecule has 0 aromatic carbocycles. The maximum absolute atomic E-state index is 5.79. The molecule has 2 rings (SSSR count). The van der Waals surface area contributed by atoms with Crippen molar-refractivity contribution < 1.29 is 4.74 Å². The van der Waals surface area contributed by atoms with Crippen LogP contribution in [0.4, 0.5) is 0 Å². The van der Waals surface area contributed by atoms with E-state index in [0.29, 0.717) is 6.10 Å². The molecule has 118 valence electrons. The summed E-state index contributed by atoms with van der Waals surface area (Å²) in [5.41, 5.74) is 0. The van der Waals surface area contributed by atoms with Crippen molar-refractivity contribution in [3.8, 4) is 0 Å². The lowest BCUT2D eigenvalue weighted by Gasteiger charge is -2.37. The maximum atomic E-state index is 5.79. The molecule has 0 N–H and O–H groups in total. The average Bonchev–Trinajstić information content (AvgIpc) is 2.49. The monoisotopic (exact) mass is 280 g/mol. The predicted octanol–water partition coefficient (Wildman–Crippen LogP) is 5.97. The molecule has 20 heavy (non-hydrogen) atoms. The van der Waals surface area contributed by atoms with Crippen LogP contribution in [-0.4, -0.2) is 12.7 Å². The van der Waals surface area contributed by atoms with E-state index in [1.165, 1.54) is 77.0 Å². The third-order valence-corrected chi connectivity index (χ3v) is 5.90. The second kappa shape index (κ2) is 9.07. The predicted molar refractivity (Wildman–Crippen MR) is 87.0 cm³/mol. The van der Waals surface area contributed by atoms with E-state index in [4.69, 9.17) is 4.74 Å². The van der Waals surface area contributed by atoms with E-state index in [1.54, 1.807) is 0 Å². The van der Waals surface area contributed by atoms with Crippen LogP contribution in [0.2, 0.25) is 0 Å². The minimum absolute atomic E-state index is 0.585. The van der Waals surface area contributed by atoms with E-state index in [9.17, 15) is 0 Å². The van der Waals surface area contributed by atoms with Gasteiger partial charge >= 0.3 is 0 Å². The molecule has 0 bridgehead atoms. The molecule has 0 atom stereocenters. The van der Waals surface area contributed by atoms with Crippen LogP contribution in [0.3, 0.4) is 0 Å². The number of ether oxygens (including phenoxy) is 1. The van der Waals surface area contributed by atoms with Gasteiger partial charge in [-0.25, -0.2) is 0 Å². The molecule has 2 aliphatic carbocycles. The summed E-state index contributed by atoms with van der Waals surface area (Å²) in [5, 5.41) is 0. The lowest BCUT2D eigenvalue weighted by atomic mass is 9.70. The Morgan fingerprint density at radius 3 is 1.90 bits per heavy atom. The molecule has 0 spiro atoms. The smallest absolute Gasteiger partial charge is 0.0575 e. The molecule has 0 aromatic heterocycles. The highest BCUT2D eigenvalue weighted by Gasteiger charge is 2.30. The van der Waals surface area contributed by atoms with Crippen molar-refractivity contribution in [3.63, 3.8) is 0 Å². The van der Waals surface area contributed by atoms with E-state index in [0.717, 1.165) is 24.4 Å². The summed E-state index contributed by atoms with van der Waals surface area (Å²) in [4.78, 5) is 0. The first-order valence-electron chi connectivity index (χ1n) is 9.45. The highest BCUT2D eigenvalue weighted by Crippen LogP contribution is 2.41. The zero-order valence-corrected chi connectivity index (χ0v) is 13.9. The van der Waals surface area contributed by atoms with Crippen LogP contribution in [-0.2, 0) is 4.74 Å². The number of hydrogen-bond donors (Lipinski definition) is 0. The fourth-order valence-corrected chi connectivity index (χ4v) is 4.59. The van der Waals surface area contributed by atoms with Crippen molar-refractivity contribution in [2.24, 2.45) is 17.8 Å². The second-order valence-corrected chi connectivity index (χ2v) is 7.27. The minimum atomic E-state index is 0.585. The quantitative estimate of drug-likeness (QED) is 0.522. The van der Waals surface area contributed by atoms with Gasteiger partial charge in [-0.15, -0.1) is 0 Å². The number of hydrogen-bond acceptors (Lipinski definition) is 1. The second-order valence-electron chi connectivity index (χ2n) is 7.27. The van der Waals surface area contributed by atoms with Gasteiger partial charge in [-0.2, -0.15) is 0 Å². The lowest BCUT2D eigenvalue weighted by molar-refractivity contribution is 0.0134. The normalized spacial score (nSPS) is 35.1. The molecule has 2 fully saturated rings. The number of unbranched alkanes of at least 4 members (excludes halogenated alkanes) is 2. The molecule has 0 aliphatic heterocycles. The SMILES string of the molecule is CCCCC[C@H]1CC[C@H]([C@H]2CC[C@H](OCC)CC2)CC1. The Hall–Kier alpha value is -0.0400. The van der Waals surface area contributed by atoms with Crippen LogP contribution in [0, 0.1) is 17.8 Å². The van der Waals surface area contributed by atoms with Gasteiger partial charge in [-0.3, -0.25) is 0 Å². The molecule has 0 amide bonds. The van der Waals surface area contributed by atoms with Crippen LogP contribution < -0.4 is 0 Å². The van der Waals surface area contributed by atoms with Gasteiger partial charge in [0.25, 0.3) is 0 Å². The zero-order valence-electron chi connectivity index (χ0n) is 13.9. The van der Waals surface area contributed by atoms with Crippen molar-refractivity contribution in [2.75, 3.05) is 6.61 Å². The zero-order chi connectivity index (χ0) is 14.2. The molecule has 0 heterocycles. The largest absolute Gasteiger partial charge is 0.379 e. The molecule has 1 heteroatoms. The summed E-state index contributed by atoms with van der Waals surface area (Å²) >= 11 is 0. The molecule has 2 saturated carbocycles. The van der Waals surface area contributed by atoms with Crippen molar-refractivity contribution in [1.29, 1.82) is 0 Å². The summed E-state index contributed by atoms with van der Waals surface area (Å²) in [5.74, 6) is 3.15. The van der Waals surface area contributed by atoms with E-state index in [1.807, 2.05) is 0 Å². The summed E-state index contributed by atoms with van der Waals surface area (Å²) in [6, 6.07) is 0. The average molecular weight is 280 g/mol. The maximum Gasteiger partial charge on any atom is 0.0575 e. The van der Waals surface area contributed by atoms with Crippen LogP contribution in [0.25, 0.3) is 0 Å². The van der Waals surface area contributed by atoms with Gasteiger partial charge < -0.3 is 4.74 Å². The van der Waals surface area contributed by atoms with Crippen molar-refractivity contribution in [2.45, 2.75) is 97.0 Å². The lowest BCUT2D eigenvalue weighted by Crippen LogP contribution is -2.28. The van der Waals surface area contributed by atoms with Gasteiger partial charge in [0.15, 0.2) is 0 Å². The minimum Gasteiger partial charge on any atom is -0.379 e. The first-order chi connectivity index (χ1) is 9.83. The van der Waals surface area contributed by atoms with Gasteiger partial charge in [0.2, 0.25) is 0 Å². The fourth-order valence-electron chi connectivity index (χ4n) is 4.59. The van der Waals surface area contributed by atoms with E-state index < -0.39 is 0 Å². The Bertz CT molecular complexity index is 234. The van der Waals surface area contributed by atoms with Gasteiger partial charge in [0, 0.05) is 6.61 Å². The molecule has 0 radical (unpaired) electrons. The third kappa shape index (κ3) is 5.06. The van der Waals surface area contributed by atoms with Crippen molar-refractivity contribution in [1.82, 2.24) is 0 Å². The Labute approximate surface area is 126 Å². The molecular weight excluding hydrogens is 244 g/mol. The van der Waals surface area contributed by atoms with Gasteiger partial charge in [-0.05, 0) is 63.2 Å². The van der Waals surface area contributed by atoms with Crippen LogP contribution in [0.15, 0.2) is 0 Å². The van der Waals surface area contributed by atoms with E-state index in [-0.39, 0.29) is 0 Å². The Morgan fingerprint density at radius 1 is 0.750 bits per heavy atom. The van der Waals surface area contributed by atoms with Crippen LogP contribution >= 0.6 is 0 Å². The first kappa shape index (κ1) is 16.3. The molecular formula is C19H36O. The highest BCUT2D eigenvalue weighted by molar-refractivity contribution is 4.82. The molecule has 1 nitrogen and oxygen atoms in total. The van der Waals surface area contributed by atoms with E-state index >= 15 is 0 Å². The first-order valence-corrected chi connectivity index (χ1v) is 9.45. The van der Waals surface area contributed by atoms with Crippen LogP contribution in [0.5, 0.6) is 0 Å². The highest BCUT2D eigenvalue weighted by atomic mass is 16.5. The van der Waals surface area contributed by atoms with Crippen molar-refractivity contribution >= 4 is 0 Å². The summed E-state index contributed by atoms with van der Waals surface area (Å²) in [7, 11) is 0. The fraction of sp³-hybridized carbons (Fsp3) is 1.00. The molecule has 2 aliphatic rings. The Balaban J connectivity index is 1.62. The molecule has 0 saturated heterocycles. The summed E-state index contributed by atoms with van der Waals surface area (Å²) in [6.07, 6.45) is 18.0. The summed E-state index contributed by atoms with van der Waals surface area (Å²) in [6.45, 7) is 5.35. The Kier molecular flexibility index (Phi) is 7.41. The standard InChI is InChI=1S/C19H36O/c1-3-5-6-7-16-8-10-17(11-9-16)18-12-14-19(15-13-18)20-4-2/h16-19H,3-15H2,1-2H3/t16-,17-,18-,19-. The Morgan fingerprint density at radius 2 is 1.35 bits per heavy atom. The third-order valence-electron chi connectivity index (χ3n) is 5.90. The topological polar surface area (TPSA) is 9.23 Å². The van der Waals surface area contributed by atoms with E-state index in [2.05, 4.69) is 13.8 Å². The molecule has 0 unspecified atom stereocenters. The molecule has 0 aromatic rings. The van der Waals surface area contributed by atoms with Crippen molar-refractivity contribution in [3.05, 3.63) is 0 Å². The van der Waals surface area contributed by atoms with Gasteiger partial charge in [0.1, 0.15) is 0 Å². The number of rotatable bonds is 7.